The second-order valence-electron chi connectivity index (χ2n) is 4.24. The number of hydrogen-bond acceptors (Lipinski definition) is 4. The number of aliphatic hydroxyl groups is 1. The molecule has 2 aromatic rings. The normalized spacial score (nSPS) is 12.6. The molecule has 3 nitrogen and oxygen atoms in total. The maximum atomic E-state index is 9.95. The van der Waals surface area contributed by atoms with E-state index in [1.54, 1.807) is 11.3 Å². The Morgan fingerprint density at radius 3 is 2.78 bits per heavy atom. The van der Waals surface area contributed by atoms with Gasteiger partial charge >= 0.3 is 0 Å². The Morgan fingerprint density at radius 1 is 1.33 bits per heavy atom. The van der Waals surface area contributed by atoms with Crippen LogP contribution in [0.5, 0.6) is 0 Å². The second kappa shape index (κ2) is 6.64. The minimum Gasteiger partial charge on any atom is -0.387 e. The summed E-state index contributed by atoms with van der Waals surface area (Å²) in [7, 11) is 0. The van der Waals surface area contributed by atoms with Crippen molar-refractivity contribution in [3.05, 3.63) is 52.0 Å². The van der Waals surface area contributed by atoms with Gasteiger partial charge < -0.3 is 10.4 Å². The molecule has 4 heteroatoms. The lowest BCUT2D eigenvalue weighted by molar-refractivity contribution is 0.175. The van der Waals surface area contributed by atoms with Gasteiger partial charge in [0.15, 0.2) is 0 Å². The first-order chi connectivity index (χ1) is 8.75. The van der Waals surface area contributed by atoms with Gasteiger partial charge in [-0.3, -0.25) is 0 Å². The average molecular weight is 262 g/mol. The van der Waals surface area contributed by atoms with E-state index in [9.17, 15) is 5.11 Å². The van der Waals surface area contributed by atoms with Gasteiger partial charge in [0, 0.05) is 24.9 Å². The largest absolute Gasteiger partial charge is 0.387 e. The third-order valence-corrected chi connectivity index (χ3v) is 3.57. The summed E-state index contributed by atoms with van der Waals surface area (Å²) >= 11 is 1.68. The summed E-state index contributed by atoms with van der Waals surface area (Å²) in [5.74, 6) is 0. The summed E-state index contributed by atoms with van der Waals surface area (Å²) < 4.78 is 0. The number of thiazole rings is 1. The van der Waals surface area contributed by atoms with Crippen LogP contribution in [0, 0.1) is 6.92 Å². The van der Waals surface area contributed by atoms with E-state index in [1.807, 2.05) is 37.3 Å². The first kappa shape index (κ1) is 13.2. The number of rotatable bonds is 6. The van der Waals surface area contributed by atoms with Crippen molar-refractivity contribution in [2.24, 2.45) is 0 Å². The Kier molecular flexibility index (Phi) is 4.87. The fraction of sp³-hybridized carbons (Fsp3) is 0.357. The Morgan fingerprint density at radius 2 is 2.11 bits per heavy atom. The molecule has 0 fully saturated rings. The lowest BCUT2D eigenvalue weighted by Crippen LogP contribution is -2.23. The minimum atomic E-state index is -0.441. The molecule has 0 aliphatic rings. The van der Waals surface area contributed by atoms with E-state index in [1.165, 1.54) is 0 Å². The van der Waals surface area contributed by atoms with Gasteiger partial charge in [0.05, 0.1) is 16.8 Å². The van der Waals surface area contributed by atoms with Crippen LogP contribution in [0.3, 0.4) is 0 Å². The zero-order chi connectivity index (χ0) is 12.8. The number of aliphatic hydroxyl groups excluding tert-OH is 1. The molecule has 1 aromatic heterocycles. The van der Waals surface area contributed by atoms with Gasteiger partial charge in [0.1, 0.15) is 0 Å². The van der Waals surface area contributed by atoms with Crippen LogP contribution >= 0.6 is 11.3 Å². The van der Waals surface area contributed by atoms with E-state index in [4.69, 9.17) is 0 Å². The first-order valence-corrected chi connectivity index (χ1v) is 6.98. The van der Waals surface area contributed by atoms with Crippen molar-refractivity contribution in [1.82, 2.24) is 10.3 Å². The molecule has 0 bridgehead atoms. The van der Waals surface area contributed by atoms with E-state index in [2.05, 4.69) is 15.7 Å². The van der Waals surface area contributed by atoms with Gasteiger partial charge in [0.2, 0.25) is 0 Å². The monoisotopic (exact) mass is 262 g/mol. The highest BCUT2D eigenvalue weighted by Crippen LogP contribution is 2.11. The molecule has 0 saturated heterocycles. The summed E-state index contributed by atoms with van der Waals surface area (Å²) in [6, 6.07) is 9.72. The van der Waals surface area contributed by atoms with Crippen LogP contribution in [-0.2, 0) is 6.42 Å². The third-order valence-electron chi connectivity index (χ3n) is 2.75. The summed E-state index contributed by atoms with van der Waals surface area (Å²) in [4.78, 5) is 4.40. The molecule has 1 aromatic carbocycles. The maximum Gasteiger partial charge on any atom is 0.0914 e. The topological polar surface area (TPSA) is 45.2 Å². The minimum absolute atomic E-state index is 0.441. The van der Waals surface area contributed by atoms with E-state index in [-0.39, 0.29) is 0 Å². The average Bonchev–Trinajstić information content (AvgIpc) is 2.81. The van der Waals surface area contributed by atoms with Crippen LogP contribution in [0.25, 0.3) is 0 Å². The molecule has 0 aliphatic heterocycles. The predicted molar refractivity (Wildman–Crippen MR) is 74.8 cm³/mol. The fourth-order valence-electron chi connectivity index (χ4n) is 1.77. The van der Waals surface area contributed by atoms with Crippen LogP contribution in [0.4, 0.5) is 0 Å². The number of aryl methyl sites for hydroxylation is 1. The van der Waals surface area contributed by atoms with Crippen LogP contribution in [0.2, 0.25) is 0 Å². The van der Waals surface area contributed by atoms with Gasteiger partial charge in [-0.25, -0.2) is 4.98 Å². The van der Waals surface area contributed by atoms with Crippen LogP contribution in [0.15, 0.2) is 35.7 Å². The molecular weight excluding hydrogens is 244 g/mol. The van der Waals surface area contributed by atoms with Crippen molar-refractivity contribution in [2.45, 2.75) is 19.4 Å². The third kappa shape index (κ3) is 3.91. The van der Waals surface area contributed by atoms with Crippen molar-refractivity contribution in [3.63, 3.8) is 0 Å². The molecule has 0 radical (unpaired) electrons. The Bertz CT molecular complexity index is 470. The lowest BCUT2D eigenvalue weighted by atomic mass is 10.1. The van der Waals surface area contributed by atoms with Gasteiger partial charge in [-0.1, -0.05) is 30.3 Å². The molecule has 0 spiro atoms. The Labute approximate surface area is 112 Å². The number of nitrogens with zero attached hydrogens (tertiary/aromatic N) is 1. The summed E-state index contributed by atoms with van der Waals surface area (Å²) in [6.45, 7) is 3.43. The van der Waals surface area contributed by atoms with Crippen LogP contribution in [-0.4, -0.2) is 23.2 Å². The highest BCUT2D eigenvalue weighted by Gasteiger charge is 2.05. The smallest absolute Gasteiger partial charge is 0.0914 e. The van der Waals surface area contributed by atoms with Gasteiger partial charge in [0.25, 0.3) is 0 Å². The molecule has 96 valence electrons. The molecule has 2 rings (SSSR count). The molecule has 18 heavy (non-hydrogen) atoms. The maximum absolute atomic E-state index is 9.95. The van der Waals surface area contributed by atoms with E-state index >= 15 is 0 Å². The highest BCUT2D eigenvalue weighted by atomic mass is 32.1. The van der Waals surface area contributed by atoms with E-state index in [0.29, 0.717) is 6.54 Å². The number of nitrogens with one attached hydrogen (secondary N) is 1. The SMILES string of the molecule is Cc1nc(CCNCC(O)c2ccccc2)cs1. The lowest BCUT2D eigenvalue weighted by Gasteiger charge is -2.11. The molecule has 0 aliphatic carbocycles. The standard InChI is InChI=1S/C14H18N2OS/c1-11-16-13(10-18-11)7-8-15-9-14(17)12-5-3-2-4-6-12/h2-6,10,14-15,17H,7-9H2,1H3. The van der Waals surface area contributed by atoms with Crippen molar-refractivity contribution in [2.75, 3.05) is 13.1 Å². The number of aromatic nitrogens is 1. The summed E-state index contributed by atoms with van der Waals surface area (Å²) in [5, 5.41) is 16.4. The molecule has 2 N–H and O–H groups in total. The summed E-state index contributed by atoms with van der Waals surface area (Å²) in [6.07, 6.45) is 0.467. The van der Waals surface area contributed by atoms with Gasteiger partial charge in [-0.15, -0.1) is 11.3 Å². The van der Waals surface area contributed by atoms with E-state index < -0.39 is 6.10 Å². The quantitative estimate of drug-likeness (QED) is 0.785. The zero-order valence-electron chi connectivity index (χ0n) is 10.5. The molecule has 1 atom stereocenters. The van der Waals surface area contributed by atoms with E-state index in [0.717, 1.165) is 29.2 Å². The Hall–Kier alpha value is -1.23. The van der Waals surface area contributed by atoms with Gasteiger partial charge in [-0.2, -0.15) is 0 Å². The predicted octanol–water partition coefficient (Wildman–Crippen LogP) is 2.32. The fourth-order valence-corrected chi connectivity index (χ4v) is 2.42. The van der Waals surface area contributed by atoms with Gasteiger partial charge in [-0.05, 0) is 12.5 Å². The van der Waals surface area contributed by atoms with Crippen LogP contribution in [0.1, 0.15) is 22.4 Å². The molecular formula is C14H18N2OS. The van der Waals surface area contributed by atoms with Crippen LogP contribution < -0.4 is 5.32 Å². The highest BCUT2D eigenvalue weighted by molar-refractivity contribution is 7.09. The van der Waals surface area contributed by atoms with Crippen molar-refractivity contribution < 1.29 is 5.11 Å². The Balaban J connectivity index is 1.69. The molecule has 0 amide bonds. The summed E-state index contributed by atoms with van der Waals surface area (Å²) in [5.41, 5.74) is 2.08. The second-order valence-corrected chi connectivity index (χ2v) is 5.30. The number of benzene rings is 1. The zero-order valence-corrected chi connectivity index (χ0v) is 11.3. The first-order valence-electron chi connectivity index (χ1n) is 6.10. The van der Waals surface area contributed by atoms with Crippen molar-refractivity contribution >= 4 is 11.3 Å². The van der Waals surface area contributed by atoms with Crippen molar-refractivity contribution in [1.29, 1.82) is 0 Å². The molecule has 1 unspecified atom stereocenters. The molecule has 1 heterocycles. The van der Waals surface area contributed by atoms with Crippen molar-refractivity contribution in [3.8, 4) is 0 Å². The molecule has 0 saturated carbocycles. The number of hydrogen-bond donors (Lipinski definition) is 2.